The highest BCUT2D eigenvalue weighted by Gasteiger charge is 2.28. The lowest BCUT2D eigenvalue weighted by atomic mass is 9.97. The third kappa shape index (κ3) is 3.28. The second-order valence-corrected chi connectivity index (χ2v) is 6.12. The molecule has 0 saturated carbocycles. The zero-order valence-electron chi connectivity index (χ0n) is 13.3. The highest BCUT2D eigenvalue weighted by atomic mass is 35.5. The Morgan fingerprint density at radius 1 is 1.25 bits per heavy atom. The fourth-order valence-corrected chi connectivity index (χ4v) is 3.09. The van der Waals surface area contributed by atoms with Crippen LogP contribution < -0.4 is 0 Å². The molecule has 6 nitrogen and oxygen atoms in total. The van der Waals surface area contributed by atoms with Crippen molar-refractivity contribution in [3.05, 3.63) is 47.2 Å². The lowest BCUT2D eigenvalue weighted by Gasteiger charge is -2.30. The molecular formula is C17H18ClN3O3. The minimum absolute atomic E-state index is 0.0865. The number of carbonyl (C=O) groups excluding carboxylic acids is 2. The predicted molar refractivity (Wildman–Crippen MR) is 89.2 cm³/mol. The summed E-state index contributed by atoms with van der Waals surface area (Å²) < 4.78 is 6.36. The van der Waals surface area contributed by atoms with Crippen LogP contribution in [0.2, 0.25) is 5.02 Å². The van der Waals surface area contributed by atoms with Gasteiger partial charge in [0, 0.05) is 19.3 Å². The fraction of sp³-hybridized carbons (Fsp3) is 0.353. The van der Waals surface area contributed by atoms with Crippen LogP contribution in [0.3, 0.4) is 0 Å². The van der Waals surface area contributed by atoms with Crippen molar-refractivity contribution in [1.29, 1.82) is 0 Å². The normalized spacial score (nSPS) is 15.3. The Balaban J connectivity index is 1.69. The molecule has 0 N–H and O–H groups in total. The highest BCUT2D eigenvalue weighted by Crippen LogP contribution is 2.22. The SMILES string of the molecule is COC(=O)C1CCN(C(=O)c2cnn(-c3ccccc3Cl)c2)CC1. The molecule has 1 fully saturated rings. The first-order chi connectivity index (χ1) is 11.6. The van der Waals surface area contributed by atoms with E-state index in [0.717, 1.165) is 5.69 Å². The molecular weight excluding hydrogens is 330 g/mol. The summed E-state index contributed by atoms with van der Waals surface area (Å²) in [5, 5.41) is 4.80. The number of ether oxygens (including phenoxy) is 1. The summed E-state index contributed by atoms with van der Waals surface area (Å²) in [6.07, 6.45) is 4.46. The molecule has 126 valence electrons. The van der Waals surface area contributed by atoms with Gasteiger partial charge in [-0.2, -0.15) is 5.10 Å². The van der Waals surface area contributed by atoms with Crippen molar-refractivity contribution in [3.8, 4) is 5.69 Å². The summed E-state index contributed by atoms with van der Waals surface area (Å²) in [7, 11) is 1.39. The third-order valence-corrected chi connectivity index (χ3v) is 4.57. The topological polar surface area (TPSA) is 64.4 Å². The summed E-state index contributed by atoms with van der Waals surface area (Å²) >= 11 is 6.16. The second kappa shape index (κ2) is 7.05. The zero-order valence-corrected chi connectivity index (χ0v) is 14.1. The fourth-order valence-electron chi connectivity index (χ4n) is 2.87. The van der Waals surface area contributed by atoms with Gasteiger partial charge in [-0.3, -0.25) is 9.59 Å². The average molecular weight is 348 g/mol. The number of halogens is 1. The maximum absolute atomic E-state index is 12.6. The molecule has 0 atom stereocenters. The predicted octanol–water partition coefficient (Wildman–Crippen LogP) is 2.55. The molecule has 1 aliphatic rings. The maximum Gasteiger partial charge on any atom is 0.308 e. The number of hydrogen-bond acceptors (Lipinski definition) is 4. The first-order valence-electron chi connectivity index (χ1n) is 7.77. The number of rotatable bonds is 3. The maximum atomic E-state index is 12.6. The van der Waals surface area contributed by atoms with Gasteiger partial charge in [0.15, 0.2) is 0 Å². The van der Waals surface area contributed by atoms with E-state index in [4.69, 9.17) is 16.3 Å². The molecule has 1 aromatic heterocycles. The Labute approximate surface area is 145 Å². The van der Waals surface area contributed by atoms with Crippen LogP contribution in [0.15, 0.2) is 36.7 Å². The number of methoxy groups -OCH3 is 1. The van der Waals surface area contributed by atoms with Gasteiger partial charge in [0.2, 0.25) is 0 Å². The minimum Gasteiger partial charge on any atom is -0.469 e. The second-order valence-electron chi connectivity index (χ2n) is 5.71. The Hall–Kier alpha value is -2.34. The number of esters is 1. The summed E-state index contributed by atoms with van der Waals surface area (Å²) in [6, 6.07) is 7.32. The largest absolute Gasteiger partial charge is 0.469 e. The van der Waals surface area contributed by atoms with Crippen LogP contribution in [-0.4, -0.2) is 46.8 Å². The third-order valence-electron chi connectivity index (χ3n) is 4.25. The monoisotopic (exact) mass is 347 g/mol. The molecule has 1 saturated heterocycles. The molecule has 24 heavy (non-hydrogen) atoms. The van der Waals surface area contributed by atoms with Gasteiger partial charge < -0.3 is 9.64 Å². The van der Waals surface area contributed by atoms with Crippen LogP contribution in [0.25, 0.3) is 5.69 Å². The van der Waals surface area contributed by atoms with Gasteiger partial charge in [-0.05, 0) is 25.0 Å². The number of para-hydroxylation sites is 1. The van der Waals surface area contributed by atoms with E-state index >= 15 is 0 Å². The molecule has 0 spiro atoms. The molecule has 2 aromatic rings. The number of piperidine rings is 1. The van der Waals surface area contributed by atoms with Gasteiger partial charge in [0.1, 0.15) is 0 Å². The summed E-state index contributed by atoms with van der Waals surface area (Å²) in [5.41, 5.74) is 1.23. The van der Waals surface area contributed by atoms with E-state index in [1.54, 1.807) is 21.8 Å². The Morgan fingerprint density at radius 2 is 1.96 bits per heavy atom. The van der Waals surface area contributed by atoms with E-state index in [1.807, 2.05) is 18.2 Å². The summed E-state index contributed by atoms with van der Waals surface area (Å²) in [5.74, 6) is -0.407. The van der Waals surface area contributed by atoms with Gasteiger partial charge in [-0.15, -0.1) is 0 Å². The van der Waals surface area contributed by atoms with E-state index in [9.17, 15) is 9.59 Å². The Bertz CT molecular complexity index is 751. The van der Waals surface area contributed by atoms with Crippen LogP contribution in [0.1, 0.15) is 23.2 Å². The molecule has 1 aromatic carbocycles. The smallest absolute Gasteiger partial charge is 0.308 e. The molecule has 2 heterocycles. The number of hydrogen-bond donors (Lipinski definition) is 0. The van der Waals surface area contributed by atoms with Gasteiger partial charge in [-0.1, -0.05) is 23.7 Å². The molecule has 0 bridgehead atoms. The minimum atomic E-state index is -0.200. The molecule has 1 amide bonds. The molecule has 3 rings (SSSR count). The molecule has 0 aliphatic carbocycles. The number of benzene rings is 1. The van der Waals surface area contributed by atoms with Crippen LogP contribution >= 0.6 is 11.6 Å². The van der Waals surface area contributed by atoms with Gasteiger partial charge in [0.25, 0.3) is 5.91 Å². The number of aromatic nitrogens is 2. The quantitative estimate of drug-likeness (QED) is 0.800. The van der Waals surface area contributed by atoms with Crippen LogP contribution in [0.5, 0.6) is 0 Å². The summed E-state index contributed by atoms with van der Waals surface area (Å²) in [6.45, 7) is 1.08. The first-order valence-corrected chi connectivity index (χ1v) is 8.14. The van der Waals surface area contributed by atoms with Crippen molar-refractivity contribution < 1.29 is 14.3 Å². The summed E-state index contributed by atoms with van der Waals surface area (Å²) in [4.78, 5) is 25.9. The molecule has 0 radical (unpaired) electrons. The van der Waals surface area contributed by atoms with Crippen LogP contribution in [0, 0.1) is 5.92 Å². The Kier molecular flexibility index (Phi) is 4.85. The zero-order chi connectivity index (χ0) is 17.1. The lowest BCUT2D eigenvalue weighted by Crippen LogP contribution is -2.40. The average Bonchev–Trinajstić information content (AvgIpc) is 3.11. The van der Waals surface area contributed by atoms with E-state index in [0.29, 0.717) is 36.5 Å². The highest BCUT2D eigenvalue weighted by molar-refractivity contribution is 6.32. The molecule has 0 unspecified atom stereocenters. The van der Waals surface area contributed by atoms with Gasteiger partial charge in [-0.25, -0.2) is 4.68 Å². The molecule has 1 aliphatic heterocycles. The van der Waals surface area contributed by atoms with Crippen molar-refractivity contribution in [2.75, 3.05) is 20.2 Å². The number of nitrogens with zero attached hydrogens (tertiary/aromatic N) is 3. The van der Waals surface area contributed by atoms with E-state index < -0.39 is 0 Å². The lowest BCUT2D eigenvalue weighted by molar-refractivity contribution is -0.146. The van der Waals surface area contributed by atoms with Crippen molar-refractivity contribution in [2.45, 2.75) is 12.8 Å². The Morgan fingerprint density at radius 3 is 2.62 bits per heavy atom. The van der Waals surface area contributed by atoms with Gasteiger partial charge >= 0.3 is 5.97 Å². The first kappa shape index (κ1) is 16.5. The van der Waals surface area contributed by atoms with Crippen LogP contribution in [-0.2, 0) is 9.53 Å². The standard InChI is InChI=1S/C17H18ClN3O3/c1-24-17(23)12-6-8-20(9-7-12)16(22)13-10-19-21(11-13)15-5-3-2-4-14(15)18/h2-5,10-12H,6-9H2,1H3. The van der Waals surface area contributed by atoms with Crippen molar-refractivity contribution in [1.82, 2.24) is 14.7 Å². The van der Waals surface area contributed by atoms with Crippen molar-refractivity contribution in [2.24, 2.45) is 5.92 Å². The number of amides is 1. The van der Waals surface area contributed by atoms with E-state index in [2.05, 4.69) is 5.10 Å². The van der Waals surface area contributed by atoms with E-state index in [1.165, 1.54) is 13.3 Å². The van der Waals surface area contributed by atoms with Gasteiger partial charge in [0.05, 0.1) is 35.5 Å². The van der Waals surface area contributed by atoms with Crippen molar-refractivity contribution >= 4 is 23.5 Å². The van der Waals surface area contributed by atoms with Crippen LogP contribution in [0.4, 0.5) is 0 Å². The number of likely N-dealkylation sites (tertiary alicyclic amines) is 1. The van der Waals surface area contributed by atoms with E-state index in [-0.39, 0.29) is 17.8 Å². The molecule has 7 heteroatoms. The van der Waals surface area contributed by atoms with Crippen molar-refractivity contribution in [3.63, 3.8) is 0 Å². The number of carbonyl (C=O) groups is 2.